The summed E-state index contributed by atoms with van der Waals surface area (Å²) in [5.74, 6) is 0.487. The van der Waals surface area contributed by atoms with Gasteiger partial charge < -0.3 is 20.3 Å². The van der Waals surface area contributed by atoms with Gasteiger partial charge in [0.15, 0.2) is 5.16 Å². The molecular formula is C25H30N6O3S. The van der Waals surface area contributed by atoms with E-state index in [1.807, 2.05) is 48.7 Å². The summed E-state index contributed by atoms with van der Waals surface area (Å²) in [6.07, 6.45) is 0. The van der Waals surface area contributed by atoms with E-state index in [1.165, 1.54) is 11.8 Å². The molecule has 1 aliphatic heterocycles. The fraction of sp³-hybridized carbons (Fsp3) is 0.360. The van der Waals surface area contributed by atoms with Gasteiger partial charge in [0.1, 0.15) is 0 Å². The van der Waals surface area contributed by atoms with Crippen molar-refractivity contribution in [2.45, 2.75) is 31.6 Å². The van der Waals surface area contributed by atoms with Crippen LogP contribution in [0.25, 0.3) is 0 Å². The smallest absolute Gasteiger partial charge is 0.253 e. The maximum atomic E-state index is 12.9. The highest BCUT2D eigenvalue weighted by atomic mass is 32.2. The molecular weight excluding hydrogens is 464 g/mol. The summed E-state index contributed by atoms with van der Waals surface area (Å²) in [5.41, 5.74) is 1.90. The molecule has 9 nitrogen and oxygen atoms in total. The summed E-state index contributed by atoms with van der Waals surface area (Å²) >= 11 is 1.32. The molecule has 0 radical (unpaired) electrons. The zero-order valence-corrected chi connectivity index (χ0v) is 20.8. The van der Waals surface area contributed by atoms with E-state index in [1.54, 1.807) is 24.3 Å². The van der Waals surface area contributed by atoms with E-state index >= 15 is 0 Å². The van der Waals surface area contributed by atoms with Gasteiger partial charge in [0.05, 0.1) is 36.3 Å². The van der Waals surface area contributed by atoms with Crippen LogP contribution in [-0.2, 0) is 16.1 Å². The van der Waals surface area contributed by atoms with Crippen molar-refractivity contribution in [3.63, 3.8) is 0 Å². The lowest BCUT2D eigenvalue weighted by Gasteiger charge is -2.27. The molecule has 0 spiro atoms. The summed E-state index contributed by atoms with van der Waals surface area (Å²) in [5, 5.41) is 15.2. The van der Waals surface area contributed by atoms with Gasteiger partial charge in [0.2, 0.25) is 11.9 Å². The van der Waals surface area contributed by atoms with Crippen LogP contribution in [0.5, 0.6) is 0 Å². The van der Waals surface area contributed by atoms with Gasteiger partial charge in [0.25, 0.3) is 5.91 Å². The summed E-state index contributed by atoms with van der Waals surface area (Å²) in [6, 6.07) is 16.6. The molecule has 0 aliphatic carbocycles. The van der Waals surface area contributed by atoms with E-state index in [0.717, 1.165) is 24.6 Å². The Morgan fingerprint density at radius 1 is 1.06 bits per heavy atom. The number of nitrogens with one attached hydrogen (secondary N) is 2. The van der Waals surface area contributed by atoms with Gasteiger partial charge in [-0.3, -0.25) is 14.2 Å². The molecule has 4 rings (SSSR count). The number of para-hydroxylation sites is 1. The van der Waals surface area contributed by atoms with Gasteiger partial charge in [-0.15, -0.1) is 10.2 Å². The van der Waals surface area contributed by atoms with Crippen molar-refractivity contribution >= 4 is 35.2 Å². The fourth-order valence-electron chi connectivity index (χ4n) is 3.87. The molecule has 1 saturated heterocycles. The van der Waals surface area contributed by atoms with Crippen LogP contribution in [0.1, 0.15) is 35.8 Å². The molecule has 0 saturated carbocycles. The minimum absolute atomic E-state index is 0.150. The topological polar surface area (TPSA) is 101 Å². The van der Waals surface area contributed by atoms with Crippen molar-refractivity contribution in [2.75, 3.05) is 42.3 Å². The minimum Gasteiger partial charge on any atom is -0.378 e. The molecule has 1 atom stereocenters. The van der Waals surface area contributed by atoms with E-state index in [0.29, 0.717) is 36.2 Å². The van der Waals surface area contributed by atoms with Gasteiger partial charge in [-0.2, -0.15) is 0 Å². The number of carbonyl (C=O) groups excluding carboxylic acids is 2. The van der Waals surface area contributed by atoms with Gasteiger partial charge >= 0.3 is 0 Å². The van der Waals surface area contributed by atoms with E-state index < -0.39 is 0 Å². The third-order valence-corrected chi connectivity index (χ3v) is 6.70. The Hall–Kier alpha value is -3.37. The lowest BCUT2D eigenvalue weighted by molar-refractivity contribution is -0.113. The summed E-state index contributed by atoms with van der Waals surface area (Å²) in [7, 11) is 0. The van der Waals surface area contributed by atoms with Crippen LogP contribution in [0.15, 0.2) is 59.8 Å². The van der Waals surface area contributed by atoms with Crippen LogP contribution in [0.4, 0.5) is 11.6 Å². The molecule has 2 aromatic carbocycles. The SMILES string of the molecule is CCn1c(SCC(=O)Nc2ccccc2C(=O)N[C@H](C)c2ccccc2)nnc1N1CCOCC1. The van der Waals surface area contributed by atoms with Gasteiger partial charge in [-0.05, 0) is 31.5 Å². The van der Waals surface area contributed by atoms with Crippen molar-refractivity contribution in [3.8, 4) is 0 Å². The lowest BCUT2D eigenvalue weighted by Crippen LogP contribution is -2.38. The van der Waals surface area contributed by atoms with Crippen LogP contribution in [0.2, 0.25) is 0 Å². The Balaban J connectivity index is 1.38. The van der Waals surface area contributed by atoms with E-state index in [-0.39, 0.29) is 23.6 Å². The maximum absolute atomic E-state index is 12.9. The molecule has 2 N–H and O–H groups in total. The first-order chi connectivity index (χ1) is 17.1. The number of anilines is 2. The standard InChI is InChI=1S/C25H30N6O3S/c1-3-31-24(30-13-15-34-16-14-30)28-29-25(31)35-17-22(32)27-21-12-8-7-11-20(21)23(33)26-18(2)19-9-5-4-6-10-19/h4-12,18H,3,13-17H2,1-2H3,(H,26,33)(H,27,32)/t18-/m1/s1. The number of aromatic nitrogens is 3. The highest BCUT2D eigenvalue weighted by Gasteiger charge is 2.21. The zero-order valence-electron chi connectivity index (χ0n) is 19.9. The van der Waals surface area contributed by atoms with E-state index in [4.69, 9.17) is 4.74 Å². The maximum Gasteiger partial charge on any atom is 0.253 e. The number of ether oxygens (including phenoxy) is 1. The number of amides is 2. The molecule has 2 amide bonds. The van der Waals surface area contributed by atoms with Crippen molar-refractivity contribution in [1.29, 1.82) is 0 Å². The predicted molar refractivity (Wildman–Crippen MR) is 137 cm³/mol. The van der Waals surface area contributed by atoms with E-state index in [2.05, 4.69) is 25.7 Å². The largest absolute Gasteiger partial charge is 0.378 e. The second kappa shape index (κ2) is 11.9. The molecule has 10 heteroatoms. The number of hydrogen-bond donors (Lipinski definition) is 2. The molecule has 0 unspecified atom stereocenters. The number of thioether (sulfide) groups is 1. The summed E-state index contributed by atoms with van der Waals surface area (Å²) in [6.45, 7) is 7.53. The predicted octanol–water partition coefficient (Wildman–Crippen LogP) is 3.36. The first-order valence-electron chi connectivity index (χ1n) is 11.7. The molecule has 1 fully saturated rings. The first-order valence-corrected chi connectivity index (χ1v) is 12.7. The number of nitrogens with zero attached hydrogens (tertiary/aromatic N) is 4. The highest BCUT2D eigenvalue weighted by Crippen LogP contribution is 2.24. The molecule has 184 valence electrons. The monoisotopic (exact) mass is 494 g/mol. The Morgan fingerprint density at radius 2 is 1.77 bits per heavy atom. The highest BCUT2D eigenvalue weighted by molar-refractivity contribution is 7.99. The molecule has 1 aliphatic rings. The van der Waals surface area contributed by atoms with Gasteiger partial charge in [0, 0.05) is 19.6 Å². The van der Waals surface area contributed by atoms with E-state index in [9.17, 15) is 9.59 Å². The number of carbonyl (C=O) groups is 2. The Kier molecular flexibility index (Phi) is 8.38. The Morgan fingerprint density at radius 3 is 2.51 bits per heavy atom. The Bertz CT molecular complexity index is 1150. The second-order valence-corrected chi connectivity index (χ2v) is 9.06. The third kappa shape index (κ3) is 6.20. The number of morpholine rings is 1. The Labute approximate surface area is 209 Å². The van der Waals surface area contributed by atoms with Crippen LogP contribution in [0, 0.1) is 0 Å². The van der Waals surface area contributed by atoms with Crippen LogP contribution >= 0.6 is 11.8 Å². The molecule has 1 aromatic heterocycles. The summed E-state index contributed by atoms with van der Waals surface area (Å²) in [4.78, 5) is 27.9. The van der Waals surface area contributed by atoms with Crippen LogP contribution < -0.4 is 15.5 Å². The van der Waals surface area contributed by atoms with Crippen LogP contribution in [-0.4, -0.2) is 58.6 Å². The third-order valence-electron chi connectivity index (χ3n) is 5.73. The van der Waals surface area contributed by atoms with Gasteiger partial charge in [-0.1, -0.05) is 54.2 Å². The quantitative estimate of drug-likeness (QED) is 0.440. The number of rotatable bonds is 9. The average molecular weight is 495 g/mol. The lowest BCUT2D eigenvalue weighted by atomic mass is 10.1. The number of hydrogen-bond acceptors (Lipinski definition) is 7. The summed E-state index contributed by atoms with van der Waals surface area (Å²) < 4.78 is 7.43. The van der Waals surface area contributed by atoms with Crippen molar-refractivity contribution in [1.82, 2.24) is 20.1 Å². The second-order valence-electron chi connectivity index (χ2n) is 8.11. The minimum atomic E-state index is -0.245. The van der Waals surface area contributed by atoms with Crippen molar-refractivity contribution in [3.05, 3.63) is 65.7 Å². The first kappa shape index (κ1) is 24.7. The zero-order chi connectivity index (χ0) is 24.6. The number of benzene rings is 2. The van der Waals surface area contributed by atoms with Crippen molar-refractivity contribution in [2.24, 2.45) is 0 Å². The van der Waals surface area contributed by atoms with Crippen LogP contribution in [0.3, 0.4) is 0 Å². The molecule has 2 heterocycles. The normalized spacial score (nSPS) is 14.4. The molecule has 3 aromatic rings. The van der Waals surface area contributed by atoms with Gasteiger partial charge in [-0.25, -0.2) is 0 Å². The molecule has 35 heavy (non-hydrogen) atoms. The van der Waals surface area contributed by atoms with Crippen molar-refractivity contribution < 1.29 is 14.3 Å². The fourth-order valence-corrected chi connectivity index (χ4v) is 4.67. The molecule has 0 bridgehead atoms. The average Bonchev–Trinajstić information content (AvgIpc) is 3.31.